The largest absolute Gasteiger partial charge is 0.309 e. The molecule has 8 rings (SSSR count). The molecule has 2 aromatic heterocycles. The van der Waals surface area contributed by atoms with E-state index in [1.54, 1.807) is 6.07 Å². The van der Waals surface area contributed by atoms with Gasteiger partial charge in [-0.05, 0) is 95.5 Å². The highest BCUT2D eigenvalue weighted by Crippen LogP contribution is 2.46. The Labute approximate surface area is 305 Å². The number of nitrogens with zero attached hydrogens (tertiary/aromatic N) is 4. The summed E-state index contributed by atoms with van der Waals surface area (Å²) in [6.45, 7) is 17.9. The molecule has 2 heterocycles. The summed E-state index contributed by atoms with van der Waals surface area (Å²) >= 11 is 0. The molecule has 6 aromatic carbocycles. The number of benzene rings is 6. The number of hydrogen-bond acceptors (Lipinski definition) is 2. The number of rotatable bonds is 3. The van der Waals surface area contributed by atoms with E-state index in [1.807, 2.05) is 12.1 Å². The number of fused-ring (bicyclic) bond motifs is 6. The lowest BCUT2D eigenvalue weighted by Crippen LogP contribution is -2.10. The average molecular weight is 675 g/mol. The number of para-hydroxylation sites is 2. The maximum atomic E-state index is 10.7. The van der Waals surface area contributed by atoms with E-state index in [0.29, 0.717) is 11.1 Å². The highest BCUT2D eigenvalue weighted by Gasteiger charge is 2.27. The van der Waals surface area contributed by atoms with E-state index in [0.717, 1.165) is 55.3 Å². The van der Waals surface area contributed by atoms with Gasteiger partial charge in [0.25, 0.3) is 0 Å². The zero-order valence-corrected chi connectivity index (χ0v) is 31.2. The molecule has 0 aliphatic heterocycles. The molecule has 254 valence electrons. The third-order valence-electron chi connectivity index (χ3n) is 10.8. The van der Waals surface area contributed by atoms with Crippen LogP contribution in [0.1, 0.15) is 74.9 Å². The Morgan fingerprint density at radius 1 is 0.519 bits per heavy atom. The maximum absolute atomic E-state index is 10.7. The molecule has 0 unspecified atom stereocenters. The molecule has 0 amide bonds. The van der Waals surface area contributed by atoms with Gasteiger partial charge in [0, 0.05) is 32.7 Å². The van der Waals surface area contributed by atoms with Crippen molar-refractivity contribution in [2.75, 3.05) is 0 Å². The Balaban J connectivity index is 1.63. The molecule has 4 nitrogen and oxygen atoms in total. The third kappa shape index (κ3) is 5.02. The first-order valence-electron chi connectivity index (χ1n) is 18.0. The predicted octanol–water partition coefficient (Wildman–Crippen LogP) is 12.5. The van der Waals surface area contributed by atoms with Crippen molar-refractivity contribution in [2.45, 2.75) is 66.2 Å². The number of nitriles is 2. The molecule has 0 radical (unpaired) electrons. The minimum Gasteiger partial charge on any atom is -0.309 e. The van der Waals surface area contributed by atoms with E-state index in [2.05, 4.69) is 168 Å². The fourth-order valence-electron chi connectivity index (χ4n) is 8.03. The van der Waals surface area contributed by atoms with E-state index in [-0.39, 0.29) is 10.8 Å². The van der Waals surface area contributed by atoms with Gasteiger partial charge in [-0.25, -0.2) is 0 Å². The Bertz CT molecular complexity index is 2760. The van der Waals surface area contributed by atoms with Crippen LogP contribution in [0.4, 0.5) is 0 Å². The summed E-state index contributed by atoms with van der Waals surface area (Å²) in [5.41, 5.74) is 14.0. The molecule has 4 heteroatoms. The molecule has 0 fully saturated rings. The second-order valence-electron chi connectivity index (χ2n) is 16.2. The Morgan fingerprint density at radius 3 is 1.69 bits per heavy atom. The van der Waals surface area contributed by atoms with Crippen molar-refractivity contribution >= 4 is 43.6 Å². The standard InChI is InChI=1S/C48H42N4/c1-29-12-11-13-30(2)45(29)52-40-15-10-9-14-36(40)37-20-23-43(44(46(37)52)35-19-16-31(27-49)24-32(35)28-50)51-41-21-17-33(47(3,4)5)25-38(41)39-26-34(48(6,7)8)18-22-42(39)51/h9-26H,1-8H3. The highest BCUT2D eigenvalue weighted by molar-refractivity contribution is 6.17. The summed E-state index contributed by atoms with van der Waals surface area (Å²) in [6.07, 6.45) is 0. The summed E-state index contributed by atoms with van der Waals surface area (Å²) < 4.78 is 4.79. The molecular formula is C48H42N4. The van der Waals surface area contributed by atoms with Crippen molar-refractivity contribution in [1.82, 2.24) is 9.13 Å². The van der Waals surface area contributed by atoms with E-state index in [4.69, 9.17) is 0 Å². The first kappa shape index (κ1) is 33.1. The van der Waals surface area contributed by atoms with E-state index in [9.17, 15) is 10.5 Å². The van der Waals surface area contributed by atoms with Crippen LogP contribution >= 0.6 is 0 Å². The number of aryl methyl sites for hydroxylation is 2. The maximum Gasteiger partial charge on any atom is 0.0998 e. The van der Waals surface area contributed by atoms with Gasteiger partial charge in [0.2, 0.25) is 0 Å². The highest BCUT2D eigenvalue weighted by atomic mass is 15.0. The van der Waals surface area contributed by atoms with Crippen molar-refractivity contribution in [1.29, 1.82) is 10.5 Å². The zero-order valence-electron chi connectivity index (χ0n) is 31.2. The zero-order chi connectivity index (χ0) is 36.7. The second-order valence-corrected chi connectivity index (χ2v) is 16.2. The molecule has 0 aliphatic rings. The minimum absolute atomic E-state index is 0.0230. The lowest BCUT2D eigenvalue weighted by molar-refractivity contribution is 0.590. The molecule has 52 heavy (non-hydrogen) atoms. The molecular weight excluding hydrogens is 633 g/mol. The average Bonchev–Trinajstić information content (AvgIpc) is 3.62. The van der Waals surface area contributed by atoms with Gasteiger partial charge in [0.1, 0.15) is 0 Å². The SMILES string of the molecule is Cc1cccc(C)c1-n1c2ccccc2c2ccc(-n3c4ccc(C(C)(C)C)cc4c4cc(C(C)(C)C)ccc43)c(-c3ccc(C#N)cc3C#N)c21. The van der Waals surface area contributed by atoms with Crippen molar-refractivity contribution in [3.05, 3.63) is 143 Å². The molecule has 0 bridgehead atoms. The fourth-order valence-corrected chi connectivity index (χ4v) is 8.03. The van der Waals surface area contributed by atoms with Crippen LogP contribution in [0, 0.1) is 36.5 Å². The summed E-state index contributed by atoms with van der Waals surface area (Å²) in [6, 6.07) is 43.6. The van der Waals surface area contributed by atoms with Crippen molar-refractivity contribution < 1.29 is 0 Å². The minimum atomic E-state index is -0.0230. The van der Waals surface area contributed by atoms with Gasteiger partial charge < -0.3 is 9.13 Å². The first-order valence-corrected chi connectivity index (χ1v) is 18.0. The Hall–Kier alpha value is -6.10. The summed E-state index contributed by atoms with van der Waals surface area (Å²) in [5.74, 6) is 0. The van der Waals surface area contributed by atoms with Crippen LogP contribution in [0.5, 0.6) is 0 Å². The molecule has 0 atom stereocenters. The number of aromatic nitrogens is 2. The van der Waals surface area contributed by atoms with Gasteiger partial charge in [-0.1, -0.05) is 102 Å². The second kappa shape index (κ2) is 11.7. The lowest BCUT2D eigenvalue weighted by atomic mass is 9.85. The van der Waals surface area contributed by atoms with Crippen LogP contribution in [0.3, 0.4) is 0 Å². The summed E-state index contributed by atoms with van der Waals surface area (Å²) in [5, 5.41) is 25.2. The van der Waals surface area contributed by atoms with Crippen LogP contribution in [-0.2, 0) is 10.8 Å². The molecule has 8 aromatic rings. The van der Waals surface area contributed by atoms with Crippen LogP contribution in [0.2, 0.25) is 0 Å². The normalized spacial score (nSPS) is 12.2. The van der Waals surface area contributed by atoms with Crippen molar-refractivity contribution in [3.63, 3.8) is 0 Å². The topological polar surface area (TPSA) is 57.4 Å². The smallest absolute Gasteiger partial charge is 0.0998 e. The number of hydrogen-bond donors (Lipinski definition) is 0. The Morgan fingerprint density at radius 2 is 1.12 bits per heavy atom. The third-order valence-corrected chi connectivity index (χ3v) is 10.8. The summed E-state index contributed by atoms with van der Waals surface area (Å²) in [4.78, 5) is 0. The van der Waals surface area contributed by atoms with Crippen LogP contribution in [0.15, 0.2) is 109 Å². The Kier molecular flexibility index (Phi) is 7.46. The van der Waals surface area contributed by atoms with Crippen LogP contribution < -0.4 is 0 Å². The van der Waals surface area contributed by atoms with Crippen LogP contribution in [-0.4, -0.2) is 9.13 Å². The van der Waals surface area contributed by atoms with Gasteiger partial charge >= 0.3 is 0 Å². The summed E-state index contributed by atoms with van der Waals surface area (Å²) in [7, 11) is 0. The van der Waals surface area contributed by atoms with Crippen molar-refractivity contribution in [2.24, 2.45) is 0 Å². The first-order chi connectivity index (χ1) is 24.8. The monoisotopic (exact) mass is 674 g/mol. The molecule has 0 aliphatic carbocycles. The van der Waals surface area contributed by atoms with Gasteiger partial charge in [-0.2, -0.15) is 10.5 Å². The lowest BCUT2D eigenvalue weighted by Gasteiger charge is -2.21. The predicted molar refractivity (Wildman–Crippen MR) is 217 cm³/mol. The molecule has 0 spiro atoms. The van der Waals surface area contributed by atoms with E-state index < -0.39 is 0 Å². The van der Waals surface area contributed by atoms with Gasteiger partial charge in [-0.3, -0.25) is 0 Å². The van der Waals surface area contributed by atoms with Gasteiger partial charge in [0.15, 0.2) is 0 Å². The quantitative estimate of drug-likeness (QED) is 0.187. The van der Waals surface area contributed by atoms with E-state index >= 15 is 0 Å². The van der Waals surface area contributed by atoms with Crippen LogP contribution in [0.25, 0.3) is 66.1 Å². The van der Waals surface area contributed by atoms with Gasteiger partial charge in [0.05, 0.1) is 56.7 Å². The molecule has 0 saturated carbocycles. The van der Waals surface area contributed by atoms with Crippen molar-refractivity contribution in [3.8, 4) is 34.6 Å². The van der Waals surface area contributed by atoms with E-state index in [1.165, 1.54) is 33.0 Å². The molecule has 0 N–H and O–H groups in total. The fraction of sp³-hybridized carbons (Fsp3) is 0.208. The molecule has 0 saturated heterocycles. The van der Waals surface area contributed by atoms with Gasteiger partial charge in [-0.15, -0.1) is 0 Å².